The molecule has 1 heterocycles. The summed E-state index contributed by atoms with van der Waals surface area (Å²) in [6.45, 7) is 1.80. The van der Waals surface area contributed by atoms with E-state index in [9.17, 15) is 14.4 Å². The number of nitrogens with one attached hydrogen (secondary N) is 1. The Hall–Kier alpha value is -1.68. The average molecular weight is 457 g/mol. The molecular formula is C14H15N3O3W. The fourth-order valence-electron chi connectivity index (χ4n) is 1.92. The standard InChI is InChI=1S/C14H16N3O3.W/c1-8-7-9(3-2-4-10(8)15)13(19)16-11-5-6-12(18)17-14(11)20;/h2,7,11H,4-6H2,1H3,(H4,15,16,17,18,19,20);/q-1;+2/p-1/t11-;/m1./s1. The van der Waals surface area contributed by atoms with Gasteiger partial charge in [-0.1, -0.05) is 5.57 Å². The van der Waals surface area contributed by atoms with Crippen molar-refractivity contribution in [2.24, 2.45) is 5.73 Å². The molecule has 0 spiro atoms. The quantitative estimate of drug-likeness (QED) is 0.469. The predicted octanol–water partition coefficient (Wildman–Crippen LogP) is 0.612. The number of rotatable bonds is 2. The van der Waals surface area contributed by atoms with Crippen LogP contribution in [-0.4, -0.2) is 23.8 Å². The van der Waals surface area contributed by atoms with Crippen molar-refractivity contribution in [3.05, 3.63) is 40.4 Å². The van der Waals surface area contributed by atoms with E-state index in [4.69, 9.17) is 5.73 Å². The summed E-state index contributed by atoms with van der Waals surface area (Å²) in [6.07, 6.45) is 7.07. The summed E-state index contributed by atoms with van der Waals surface area (Å²) in [4.78, 5) is 34.6. The summed E-state index contributed by atoms with van der Waals surface area (Å²) in [7, 11) is 0. The van der Waals surface area contributed by atoms with Gasteiger partial charge < -0.3 is 15.8 Å². The number of nitrogens with two attached hydrogens (primary N) is 1. The second kappa shape index (κ2) is 7.36. The molecule has 1 aliphatic heterocycles. The van der Waals surface area contributed by atoms with Crippen molar-refractivity contribution in [1.29, 1.82) is 0 Å². The molecule has 0 saturated carbocycles. The van der Waals surface area contributed by atoms with E-state index >= 15 is 0 Å². The van der Waals surface area contributed by atoms with Crippen LogP contribution in [0.15, 0.2) is 29.0 Å². The first-order chi connectivity index (χ1) is 9.47. The summed E-state index contributed by atoms with van der Waals surface area (Å²) in [5, 5.41) is 6.02. The molecule has 1 saturated heterocycles. The zero-order valence-electron chi connectivity index (χ0n) is 11.5. The van der Waals surface area contributed by atoms with Gasteiger partial charge in [0.15, 0.2) is 0 Å². The Morgan fingerprint density at radius 3 is 2.86 bits per heavy atom. The van der Waals surface area contributed by atoms with Gasteiger partial charge in [0.1, 0.15) is 0 Å². The maximum Gasteiger partial charge on any atom is 2.00 e. The molecule has 3 amide bonds. The van der Waals surface area contributed by atoms with Gasteiger partial charge in [0.2, 0.25) is 11.8 Å². The fourth-order valence-corrected chi connectivity index (χ4v) is 1.92. The van der Waals surface area contributed by atoms with E-state index in [2.05, 4.69) is 16.7 Å². The molecule has 0 aromatic heterocycles. The van der Waals surface area contributed by atoms with E-state index in [0.717, 1.165) is 5.57 Å². The van der Waals surface area contributed by atoms with Crippen molar-refractivity contribution in [3.8, 4) is 0 Å². The van der Waals surface area contributed by atoms with Crippen LogP contribution >= 0.6 is 0 Å². The molecule has 1 atom stereocenters. The average Bonchev–Trinajstić information content (AvgIpc) is 2.55. The van der Waals surface area contributed by atoms with Crippen LogP contribution in [0.3, 0.4) is 0 Å². The van der Waals surface area contributed by atoms with Crippen molar-refractivity contribution in [1.82, 2.24) is 5.32 Å². The van der Waals surface area contributed by atoms with Crippen molar-refractivity contribution in [2.45, 2.75) is 32.2 Å². The minimum Gasteiger partial charge on any atom is -0.699 e. The summed E-state index contributed by atoms with van der Waals surface area (Å²) in [5.41, 5.74) is 7.51. The third-order valence-corrected chi connectivity index (χ3v) is 3.16. The first kappa shape index (κ1) is 17.4. The summed E-state index contributed by atoms with van der Waals surface area (Å²) in [6, 6.07) is -0.812. The summed E-state index contributed by atoms with van der Waals surface area (Å²) < 4.78 is 0. The zero-order chi connectivity index (χ0) is 14.7. The molecular weight excluding hydrogens is 442 g/mol. The zero-order valence-corrected chi connectivity index (χ0v) is 14.4. The monoisotopic (exact) mass is 457 g/mol. The minimum absolute atomic E-state index is 0. The number of imide groups is 1. The molecule has 0 bridgehead atoms. The van der Waals surface area contributed by atoms with E-state index in [-0.39, 0.29) is 45.4 Å². The van der Waals surface area contributed by atoms with Crippen LogP contribution in [0.4, 0.5) is 0 Å². The predicted molar refractivity (Wildman–Crippen MR) is 71.9 cm³/mol. The van der Waals surface area contributed by atoms with Crippen LogP contribution in [0.25, 0.3) is 5.32 Å². The SMILES string of the molecule is CC1=C(N)CC=[C-]C(C(=O)[N-][C@@H]2CCC(=O)NC2=O)=C1.[W+2]. The second-order valence-electron chi connectivity index (χ2n) is 4.72. The molecule has 6 nitrogen and oxygen atoms in total. The molecule has 0 aromatic rings. The number of hydrogen-bond acceptors (Lipinski definition) is 4. The molecule has 21 heavy (non-hydrogen) atoms. The largest absolute Gasteiger partial charge is 2.00 e. The number of hydrogen-bond donors (Lipinski definition) is 2. The van der Waals surface area contributed by atoms with Crippen molar-refractivity contribution >= 4 is 17.7 Å². The minimum atomic E-state index is -0.812. The molecule has 3 N–H and O–H groups in total. The Morgan fingerprint density at radius 2 is 2.19 bits per heavy atom. The van der Waals surface area contributed by atoms with Gasteiger partial charge in [-0.15, -0.1) is 6.08 Å². The maximum absolute atomic E-state index is 12.1. The van der Waals surface area contributed by atoms with E-state index in [1.807, 2.05) is 0 Å². The Morgan fingerprint density at radius 1 is 1.48 bits per heavy atom. The van der Waals surface area contributed by atoms with Gasteiger partial charge in [0, 0.05) is 12.1 Å². The number of nitrogens with zero attached hydrogens (tertiary/aromatic N) is 1. The van der Waals surface area contributed by atoms with E-state index < -0.39 is 17.9 Å². The van der Waals surface area contributed by atoms with Crippen LogP contribution < -0.4 is 11.1 Å². The number of carbonyl (C=O) groups excluding carboxylic acids is 3. The second-order valence-corrected chi connectivity index (χ2v) is 4.72. The third kappa shape index (κ3) is 4.39. The summed E-state index contributed by atoms with van der Waals surface area (Å²) in [5.74, 6) is -1.38. The van der Waals surface area contributed by atoms with Crippen LogP contribution in [-0.2, 0) is 35.4 Å². The molecule has 1 aliphatic carbocycles. The van der Waals surface area contributed by atoms with Gasteiger partial charge in [-0.3, -0.25) is 14.9 Å². The van der Waals surface area contributed by atoms with E-state index in [1.54, 1.807) is 19.1 Å². The van der Waals surface area contributed by atoms with Crippen LogP contribution in [0, 0.1) is 6.08 Å². The van der Waals surface area contributed by atoms with Crippen LogP contribution in [0.5, 0.6) is 0 Å². The molecule has 1 fully saturated rings. The van der Waals surface area contributed by atoms with Crippen molar-refractivity contribution in [2.75, 3.05) is 0 Å². The molecule has 2 aliphatic rings. The summed E-state index contributed by atoms with van der Waals surface area (Å²) >= 11 is 0. The first-order valence-electron chi connectivity index (χ1n) is 6.31. The Labute approximate surface area is 137 Å². The molecule has 0 unspecified atom stereocenters. The smallest absolute Gasteiger partial charge is 0.699 e. The number of carbonyl (C=O) groups is 3. The Balaban J connectivity index is 0.00000220. The first-order valence-corrected chi connectivity index (χ1v) is 6.31. The van der Waals surface area contributed by atoms with Gasteiger partial charge in [-0.25, -0.2) is 0 Å². The maximum atomic E-state index is 12.1. The van der Waals surface area contributed by atoms with Crippen molar-refractivity contribution < 1.29 is 35.4 Å². The molecule has 2 rings (SSSR count). The van der Waals surface area contributed by atoms with Crippen LogP contribution in [0.2, 0.25) is 0 Å². The van der Waals surface area contributed by atoms with Gasteiger partial charge in [-0.2, -0.15) is 17.7 Å². The number of amides is 3. The Kier molecular flexibility index (Phi) is 6.09. The van der Waals surface area contributed by atoms with Gasteiger partial charge >= 0.3 is 21.1 Å². The fraction of sp³-hybridized carbons (Fsp3) is 0.357. The van der Waals surface area contributed by atoms with Gasteiger partial charge in [0.05, 0.1) is 0 Å². The number of piperidine rings is 1. The Bertz CT molecular complexity index is 564. The molecule has 0 aromatic carbocycles. The molecule has 110 valence electrons. The van der Waals surface area contributed by atoms with E-state index in [1.165, 1.54) is 0 Å². The van der Waals surface area contributed by atoms with E-state index in [0.29, 0.717) is 12.1 Å². The normalized spacial score (nSPS) is 22.0. The van der Waals surface area contributed by atoms with Crippen molar-refractivity contribution in [3.63, 3.8) is 0 Å². The third-order valence-electron chi connectivity index (χ3n) is 3.16. The topological polar surface area (TPSA) is 103 Å². The van der Waals surface area contributed by atoms with Gasteiger partial charge in [0.25, 0.3) is 0 Å². The molecule has 7 heteroatoms. The number of allylic oxidation sites excluding steroid dienone is 3. The van der Waals surface area contributed by atoms with Gasteiger partial charge in [-0.05, 0) is 31.7 Å². The van der Waals surface area contributed by atoms with Crippen LogP contribution in [0.1, 0.15) is 26.2 Å². The molecule has 0 radical (unpaired) electrons.